The molecule has 0 spiro atoms. The number of benzene rings is 8. The monoisotopic (exact) mass is 793 g/mol. The number of rotatable bonds is 4. The average Bonchev–Trinajstić information content (AvgIpc) is 3.88. The molecule has 0 N–H and O–H groups in total. The lowest BCUT2D eigenvalue weighted by Gasteiger charge is -2.23. The topological polar surface area (TPSA) is 22.8 Å². The van der Waals surface area contributed by atoms with Gasteiger partial charge in [-0.05, 0) is 104 Å². The number of fused-ring (bicyclic) bond motifs is 10. The zero-order valence-electron chi connectivity index (χ0n) is 35.0. The number of pyridine rings is 1. The molecule has 0 bridgehead atoms. The first-order chi connectivity index (χ1) is 30.4. The van der Waals surface area contributed by atoms with Gasteiger partial charge < -0.3 is 4.57 Å². The number of aromatic nitrogens is 3. The number of nitrogens with zero attached hydrogens (tertiary/aromatic N) is 3. The molecule has 0 saturated heterocycles. The van der Waals surface area contributed by atoms with E-state index in [0.717, 1.165) is 39.4 Å². The molecule has 0 atom stereocenters. The lowest BCUT2D eigenvalue weighted by atomic mass is 9.83. The summed E-state index contributed by atoms with van der Waals surface area (Å²) in [6.07, 6.45) is 2.38. The molecule has 11 aromatic rings. The van der Waals surface area contributed by atoms with Crippen LogP contribution in [0, 0.1) is 0 Å². The summed E-state index contributed by atoms with van der Waals surface area (Å²) < 4.78 is 4.73. The summed E-state index contributed by atoms with van der Waals surface area (Å²) >= 11 is 0. The van der Waals surface area contributed by atoms with Crippen LogP contribution in [0.25, 0.3) is 111 Å². The summed E-state index contributed by atoms with van der Waals surface area (Å²) in [7, 11) is 0. The van der Waals surface area contributed by atoms with Gasteiger partial charge >= 0.3 is 0 Å². The standard InChI is InChI=1S/C59H43N3/c1-59(2,3)38-35-52(60-56(36-38)62-53-32-15-13-27-46(53)47-28-14-16-33-54(47)62)45-26-12-11-25-44(45)49-30-17-29-48-42-23-9-7-21-40(42)41-22-8-10-24-43(41)50-31-18-34-55-58(50)51(57(48)49)37-61(55)39-19-5-4-6-20-39/h4-37H,1-3H3. The third kappa shape index (κ3) is 5.55. The van der Waals surface area contributed by atoms with Gasteiger partial charge in [-0.2, -0.15) is 0 Å². The molecule has 3 nitrogen and oxygen atoms in total. The molecule has 0 aliphatic heterocycles. The molecule has 3 heteroatoms. The lowest BCUT2D eigenvalue weighted by molar-refractivity contribution is 0.589. The quantitative estimate of drug-likeness (QED) is 0.174. The Bertz CT molecular complexity index is 3500. The van der Waals surface area contributed by atoms with Crippen LogP contribution in [0.4, 0.5) is 0 Å². The minimum absolute atomic E-state index is 0.130. The van der Waals surface area contributed by atoms with Crippen LogP contribution in [0.15, 0.2) is 206 Å². The van der Waals surface area contributed by atoms with E-state index in [0.29, 0.717) is 0 Å². The van der Waals surface area contributed by atoms with Gasteiger partial charge in [-0.1, -0.05) is 178 Å². The van der Waals surface area contributed by atoms with Crippen molar-refractivity contribution < 1.29 is 0 Å². The second-order valence-corrected chi connectivity index (χ2v) is 17.5. The predicted molar refractivity (Wildman–Crippen MR) is 260 cm³/mol. The highest BCUT2D eigenvalue weighted by atomic mass is 15.1. The molecule has 0 unspecified atom stereocenters. The molecule has 12 rings (SSSR count). The van der Waals surface area contributed by atoms with Gasteiger partial charge in [0.15, 0.2) is 0 Å². The molecular weight excluding hydrogens is 751 g/mol. The molecule has 0 amide bonds. The summed E-state index contributed by atoms with van der Waals surface area (Å²) in [6, 6.07) is 73.2. The van der Waals surface area contributed by atoms with Crippen molar-refractivity contribution in [2.75, 3.05) is 0 Å². The Kier molecular flexibility index (Phi) is 8.10. The van der Waals surface area contributed by atoms with Gasteiger partial charge in [0.2, 0.25) is 0 Å². The molecule has 0 saturated carbocycles. The SMILES string of the molecule is CC(C)(C)c1cc(-c2ccccc2-c2cccc3c2-c2cn(-c4ccccc4)c4cccc(c24)-c2ccccc2-c2ccccc2-3)nc(-n2c3ccccc3c3ccccc32)c1. The van der Waals surface area contributed by atoms with E-state index in [1.165, 1.54) is 77.3 Å². The van der Waals surface area contributed by atoms with Gasteiger partial charge in [0.1, 0.15) is 5.82 Å². The largest absolute Gasteiger partial charge is 0.316 e. The highest BCUT2D eigenvalue weighted by Gasteiger charge is 2.28. The number of hydrogen-bond donors (Lipinski definition) is 0. The summed E-state index contributed by atoms with van der Waals surface area (Å²) in [5.74, 6) is 0.918. The minimum Gasteiger partial charge on any atom is -0.316 e. The summed E-state index contributed by atoms with van der Waals surface area (Å²) in [5, 5.41) is 3.69. The van der Waals surface area contributed by atoms with Gasteiger partial charge in [0, 0.05) is 39.2 Å². The molecule has 0 radical (unpaired) electrons. The molecule has 294 valence electrons. The van der Waals surface area contributed by atoms with Crippen LogP contribution in [0.2, 0.25) is 0 Å². The maximum Gasteiger partial charge on any atom is 0.138 e. The zero-order valence-corrected chi connectivity index (χ0v) is 35.0. The van der Waals surface area contributed by atoms with Crippen molar-refractivity contribution in [3.05, 3.63) is 212 Å². The third-order valence-electron chi connectivity index (χ3n) is 12.9. The van der Waals surface area contributed by atoms with Crippen molar-refractivity contribution in [1.82, 2.24) is 14.1 Å². The van der Waals surface area contributed by atoms with Gasteiger partial charge in [-0.15, -0.1) is 0 Å². The number of para-hydroxylation sites is 3. The normalized spacial score (nSPS) is 12.1. The smallest absolute Gasteiger partial charge is 0.138 e. The first-order valence-electron chi connectivity index (χ1n) is 21.6. The van der Waals surface area contributed by atoms with E-state index >= 15 is 0 Å². The molecule has 0 fully saturated rings. The average molecular weight is 794 g/mol. The van der Waals surface area contributed by atoms with Crippen LogP contribution in [-0.4, -0.2) is 14.1 Å². The van der Waals surface area contributed by atoms with E-state index in [9.17, 15) is 0 Å². The second kappa shape index (κ2) is 13.9. The van der Waals surface area contributed by atoms with Gasteiger partial charge in [-0.3, -0.25) is 4.57 Å². The fourth-order valence-electron chi connectivity index (χ4n) is 10.0. The Morgan fingerprint density at radius 3 is 1.45 bits per heavy atom. The van der Waals surface area contributed by atoms with E-state index in [-0.39, 0.29) is 5.41 Å². The van der Waals surface area contributed by atoms with E-state index in [2.05, 4.69) is 236 Å². The Hall–Kier alpha value is -7.75. The van der Waals surface area contributed by atoms with Crippen molar-refractivity contribution >= 4 is 32.7 Å². The van der Waals surface area contributed by atoms with Crippen LogP contribution in [-0.2, 0) is 5.41 Å². The van der Waals surface area contributed by atoms with Crippen molar-refractivity contribution in [3.8, 4) is 78.4 Å². The predicted octanol–water partition coefficient (Wildman–Crippen LogP) is 15.7. The molecule has 1 aliphatic rings. The number of hydrogen-bond acceptors (Lipinski definition) is 1. The fourth-order valence-corrected chi connectivity index (χ4v) is 10.0. The molecule has 3 aromatic heterocycles. The summed E-state index contributed by atoms with van der Waals surface area (Å²) in [4.78, 5) is 5.65. The third-order valence-corrected chi connectivity index (χ3v) is 12.9. The molecule has 3 heterocycles. The maximum absolute atomic E-state index is 5.65. The van der Waals surface area contributed by atoms with Crippen molar-refractivity contribution in [2.24, 2.45) is 0 Å². The molecule has 62 heavy (non-hydrogen) atoms. The van der Waals surface area contributed by atoms with E-state index < -0.39 is 0 Å². The summed E-state index contributed by atoms with van der Waals surface area (Å²) in [5.41, 5.74) is 19.8. The molecular formula is C59H43N3. The van der Waals surface area contributed by atoms with E-state index in [1.807, 2.05) is 0 Å². The van der Waals surface area contributed by atoms with Crippen LogP contribution in [0.3, 0.4) is 0 Å². The van der Waals surface area contributed by atoms with Crippen molar-refractivity contribution in [2.45, 2.75) is 26.2 Å². The van der Waals surface area contributed by atoms with Crippen molar-refractivity contribution in [1.29, 1.82) is 0 Å². The first kappa shape index (κ1) is 36.1. The van der Waals surface area contributed by atoms with Gasteiger partial charge in [0.05, 0.1) is 22.2 Å². The van der Waals surface area contributed by atoms with Gasteiger partial charge in [-0.25, -0.2) is 4.98 Å². The first-order valence-corrected chi connectivity index (χ1v) is 21.6. The van der Waals surface area contributed by atoms with E-state index in [4.69, 9.17) is 4.98 Å². The van der Waals surface area contributed by atoms with Crippen LogP contribution in [0.5, 0.6) is 0 Å². The van der Waals surface area contributed by atoms with Crippen LogP contribution in [0.1, 0.15) is 26.3 Å². The fraction of sp³-hybridized carbons (Fsp3) is 0.0678. The van der Waals surface area contributed by atoms with E-state index in [1.54, 1.807) is 0 Å². The highest BCUT2D eigenvalue weighted by molar-refractivity contribution is 6.15. The highest BCUT2D eigenvalue weighted by Crippen LogP contribution is 2.52. The van der Waals surface area contributed by atoms with Crippen LogP contribution >= 0.6 is 0 Å². The minimum atomic E-state index is -0.130. The lowest BCUT2D eigenvalue weighted by Crippen LogP contribution is -2.13. The molecule has 8 aromatic carbocycles. The Labute approximate surface area is 361 Å². The van der Waals surface area contributed by atoms with Gasteiger partial charge in [0.25, 0.3) is 0 Å². The van der Waals surface area contributed by atoms with Crippen LogP contribution < -0.4 is 0 Å². The Balaban J connectivity index is 1.18. The Morgan fingerprint density at radius 1 is 0.387 bits per heavy atom. The zero-order chi connectivity index (χ0) is 41.5. The Morgan fingerprint density at radius 2 is 0.839 bits per heavy atom. The summed E-state index contributed by atoms with van der Waals surface area (Å²) in [6.45, 7) is 6.89. The second-order valence-electron chi connectivity index (χ2n) is 17.5. The maximum atomic E-state index is 5.65. The van der Waals surface area contributed by atoms with Crippen molar-refractivity contribution in [3.63, 3.8) is 0 Å². The molecule has 1 aliphatic carbocycles.